The number of hydrogen-bond acceptors (Lipinski definition) is 7. The second-order valence-corrected chi connectivity index (χ2v) is 10.0. The predicted molar refractivity (Wildman–Crippen MR) is 123 cm³/mol. The number of hydrogen-bond donors (Lipinski definition) is 1. The summed E-state index contributed by atoms with van der Waals surface area (Å²) in [6, 6.07) is 10.5. The molecule has 1 saturated heterocycles. The molecule has 11 heteroatoms. The van der Waals surface area contributed by atoms with Gasteiger partial charge in [0.1, 0.15) is 12.1 Å². The van der Waals surface area contributed by atoms with E-state index in [-0.39, 0.29) is 11.8 Å². The summed E-state index contributed by atoms with van der Waals surface area (Å²) in [4.78, 5) is 16.8. The maximum Gasteiger partial charge on any atom is 0.238 e. The monoisotopic (exact) mass is 470 g/mol. The number of carbonyl (C=O) groups is 1. The Morgan fingerprint density at radius 1 is 1.06 bits per heavy atom. The maximum atomic E-state index is 12.5. The van der Waals surface area contributed by atoms with Gasteiger partial charge in [-0.15, -0.1) is 10.2 Å². The van der Waals surface area contributed by atoms with Gasteiger partial charge in [-0.05, 0) is 57.0 Å². The zero-order valence-corrected chi connectivity index (χ0v) is 19.5. The van der Waals surface area contributed by atoms with Gasteiger partial charge in [0, 0.05) is 36.5 Å². The highest BCUT2D eigenvalue weighted by Crippen LogP contribution is 2.24. The van der Waals surface area contributed by atoms with Crippen LogP contribution < -0.4 is 10.1 Å². The average molecular weight is 471 g/mol. The Morgan fingerprint density at radius 2 is 1.76 bits per heavy atom. The number of piperidine rings is 1. The van der Waals surface area contributed by atoms with Crippen molar-refractivity contribution in [3.8, 4) is 17.4 Å². The molecule has 3 heterocycles. The summed E-state index contributed by atoms with van der Waals surface area (Å²) < 4.78 is 32.2. The maximum absolute atomic E-state index is 12.5. The number of imidazole rings is 1. The number of anilines is 1. The molecule has 0 aliphatic carbocycles. The molecular formula is C22H26N6O4S. The van der Waals surface area contributed by atoms with Crippen LogP contribution in [-0.4, -0.2) is 57.7 Å². The molecule has 1 aliphatic rings. The Bertz CT molecular complexity index is 1230. The van der Waals surface area contributed by atoms with Crippen LogP contribution in [0.15, 0.2) is 42.7 Å². The van der Waals surface area contributed by atoms with Crippen molar-refractivity contribution in [3.05, 3.63) is 54.1 Å². The minimum atomic E-state index is -3.21. The van der Waals surface area contributed by atoms with Crippen LogP contribution in [0, 0.1) is 19.8 Å². The number of nitrogens with one attached hydrogen (secondary N) is 1. The van der Waals surface area contributed by atoms with Crippen LogP contribution in [0.3, 0.4) is 0 Å². The molecule has 1 amide bonds. The van der Waals surface area contributed by atoms with Crippen LogP contribution >= 0.6 is 0 Å². The van der Waals surface area contributed by atoms with Gasteiger partial charge in [0.2, 0.25) is 21.8 Å². The number of carbonyl (C=O) groups excluding carboxylic acids is 1. The van der Waals surface area contributed by atoms with E-state index in [4.69, 9.17) is 4.74 Å². The first-order valence-corrected chi connectivity index (χ1v) is 12.4. The van der Waals surface area contributed by atoms with Crippen LogP contribution in [0.5, 0.6) is 11.6 Å². The highest BCUT2D eigenvalue weighted by molar-refractivity contribution is 7.88. The molecule has 2 aromatic heterocycles. The van der Waals surface area contributed by atoms with Gasteiger partial charge >= 0.3 is 0 Å². The van der Waals surface area contributed by atoms with E-state index >= 15 is 0 Å². The highest BCUT2D eigenvalue weighted by atomic mass is 32.2. The third-order valence-corrected chi connectivity index (χ3v) is 7.07. The molecule has 1 aromatic carbocycles. The zero-order chi connectivity index (χ0) is 23.6. The Morgan fingerprint density at radius 3 is 2.30 bits per heavy atom. The van der Waals surface area contributed by atoms with Crippen molar-refractivity contribution in [2.45, 2.75) is 26.7 Å². The average Bonchev–Trinajstić information content (AvgIpc) is 3.13. The van der Waals surface area contributed by atoms with Crippen molar-refractivity contribution in [1.29, 1.82) is 0 Å². The van der Waals surface area contributed by atoms with E-state index in [1.807, 2.05) is 18.4 Å². The van der Waals surface area contributed by atoms with Crippen molar-refractivity contribution < 1.29 is 17.9 Å². The highest BCUT2D eigenvalue weighted by Gasteiger charge is 2.28. The minimum absolute atomic E-state index is 0.108. The summed E-state index contributed by atoms with van der Waals surface area (Å²) in [5, 5.41) is 11.2. The number of rotatable bonds is 6. The summed E-state index contributed by atoms with van der Waals surface area (Å²) in [6.45, 7) is 4.63. The lowest BCUT2D eigenvalue weighted by molar-refractivity contribution is -0.120. The second-order valence-electron chi connectivity index (χ2n) is 8.07. The number of amides is 1. The van der Waals surface area contributed by atoms with Gasteiger partial charge in [-0.1, -0.05) is 0 Å². The number of benzene rings is 1. The van der Waals surface area contributed by atoms with Crippen molar-refractivity contribution in [2.24, 2.45) is 5.92 Å². The molecule has 0 radical (unpaired) electrons. The van der Waals surface area contributed by atoms with E-state index < -0.39 is 10.0 Å². The predicted octanol–water partition coefficient (Wildman–Crippen LogP) is 2.68. The van der Waals surface area contributed by atoms with E-state index in [0.29, 0.717) is 49.1 Å². The number of aryl methyl sites for hydroxylation is 1. The third kappa shape index (κ3) is 5.37. The summed E-state index contributed by atoms with van der Waals surface area (Å²) in [6.07, 6.45) is 3.91. The minimum Gasteiger partial charge on any atom is -0.438 e. The van der Waals surface area contributed by atoms with Gasteiger partial charge in [-0.3, -0.25) is 9.36 Å². The van der Waals surface area contributed by atoms with Crippen LogP contribution in [0.4, 0.5) is 5.69 Å². The van der Waals surface area contributed by atoms with Crippen LogP contribution in [0.2, 0.25) is 0 Å². The van der Waals surface area contributed by atoms with Crippen molar-refractivity contribution in [3.63, 3.8) is 0 Å². The molecule has 1 fully saturated rings. The Hall–Kier alpha value is -3.31. The SMILES string of the molecule is Cc1ncn(-c2ccc(Oc3ccc(NC(=O)C4CCN(S(C)(=O)=O)CC4)cc3)nn2)c1C. The Labute approximate surface area is 192 Å². The number of ether oxygens (including phenoxy) is 1. The summed E-state index contributed by atoms with van der Waals surface area (Å²) in [7, 11) is -3.21. The van der Waals surface area contributed by atoms with Crippen molar-refractivity contribution >= 4 is 21.6 Å². The normalized spacial score (nSPS) is 15.4. The van der Waals surface area contributed by atoms with E-state index in [1.54, 1.807) is 42.7 Å². The number of aromatic nitrogens is 4. The quantitative estimate of drug-likeness (QED) is 0.588. The van der Waals surface area contributed by atoms with Gasteiger partial charge in [0.05, 0.1) is 11.9 Å². The fourth-order valence-corrected chi connectivity index (χ4v) is 4.52. The first kappa shape index (κ1) is 22.9. The van der Waals surface area contributed by atoms with Gasteiger partial charge in [-0.2, -0.15) is 0 Å². The standard InChI is InChI=1S/C22H26N6O4S/c1-15-16(2)28(14-23-15)20-8-9-21(26-25-20)32-19-6-4-18(5-7-19)24-22(29)17-10-12-27(13-11-17)33(3,30)31/h4-9,14,17H,10-13H2,1-3H3,(H,24,29). The van der Waals surface area contributed by atoms with Gasteiger partial charge in [0.25, 0.3) is 0 Å². The lowest BCUT2D eigenvalue weighted by Crippen LogP contribution is -2.40. The first-order valence-electron chi connectivity index (χ1n) is 10.6. The van der Waals surface area contributed by atoms with E-state index in [0.717, 1.165) is 11.4 Å². The van der Waals surface area contributed by atoms with Crippen LogP contribution in [0.1, 0.15) is 24.2 Å². The molecule has 10 nitrogen and oxygen atoms in total. The second kappa shape index (κ2) is 9.28. The molecule has 0 atom stereocenters. The lowest BCUT2D eigenvalue weighted by atomic mass is 9.97. The molecule has 0 spiro atoms. The molecule has 33 heavy (non-hydrogen) atoms. The first-order chi connectivity index (χ1) is 15.7. The molecule has 3 aromatic rings. The Balaban J connectivity index is 1.32. The smallest absolute Gasteiger partial charge is 0.238 e. The fourth-order valence-electron chi connectivity index (χ4n) is 3.65. The molecule has 0 unspecified atom stereocenters. The molecule has 1 aliphatic heterocycles. The lowest BCUT2D eigenvalue weighted by Gasteiger charge is -2.29. The molecule has 0 saturated carbocycles. The molecule has 4 rings (SSSR count). The topological polar surface area (TPSA) is 119 Å². The van der Waals surface area contributed by atoms with Crippen LogP contribution in [-0.2, 0) is 14.8 Å². The zero-order valence-electron chi connectivity index (χ0n) is 18.7. The number of sulfonamides is 1. The van der Waals surface area contributed by atoms with Gasteiger partial charge < -0.3 is 10.1 Å². The molecule has 0 bridgehead atoms. The van der Waals surface area contributed by atoms with E-state index in [2.05, 4.69) is 20.5 Å². The molecular weight excluding hydrogens is 444 g/mol. The summed E-state index contributed by atoms with van der Waals surface area (Å²) in [5.74, 6) is 1.24. The number of nitrogens with zero attached hydrogens (tertiary/aromatic N) is 5. The summed E-state index contributed by atoms with van der Waals surface area (Å²) in [5.41, 5.74) is 2.57. The van der Waals surface area contributed by atoms with Gasteiger partial charge in [-0.25, -0.2) is 17.7 Å². The largest absolute Gasteiger partial charge is 0.438 e. The van der Waals surface area contributed by atoms with E-state index in [9.17, 15) is 13.2 Å². The van der Waals surface area contributed by atoms with Crippen molar-refractivity contribution in [1.82, 2.24) is 24.1 Å². The van der Waals surface area contributed by atoms with E-state index in [1.165, 1.54) is 10.6 Å². The molecule has 174 valence electrons. The summed E-state index contributed by atoms with van der Waals surface area (Å²) >= 11 is 0. The fraction of sp³-hybridized carbons (Fsp3) is 0.364. The Kier molecular flexibility index (Phi) is 6.43. The van der Waals surface area contributed by atoms with Crippen molar-refractivity contribution in [2.75, 3.05) is 24.7 Å². The molecule has 1 N–H and O–H groups in total. The van der Waals surface area contributed by atoms with Gasteiger partial charge in [0.15, 0.2) is 5.82 Å². The van der Waals surface area contributed by atoms with Crippen LogP contribution in [0.25, 0.3) is 5.82 Å². The third-order valence-electron chi connectivity index (χ3n) is 5.76.